The van der Waals surface area contributed by atoms with E-state index >= 15 is 0 Å². The molecule has 0 spiro atoms. The Kier molecular flexibility index (Phi) is 4.82. The average molecular weight is 389 g/mol. The lowest BCUT2D eigenvalue weighted by Gasteiger charge is -2.51. The molecule has 0 radical (unpaired) electrons. The molecule has 3 N–H and O–H groups in total. The number of aromatic nitrogens is 2. The van der Waals surface area contributed by atoms with Gasteiger partial charge in [0.1, 0.15) is 11.6 Å². The van der Waals surface area contributed by atoms with E-state index < -0.39 is 39.7 Å². The first-order valence-corrected chi connectivity index (χ1v) is 8.74. The molecule has 0 bridgehead atoms. The van der Waals surface area contributed by atoms with Crippen LogP contribution in [-0.4, -0.2) is 31.7 Å². The van der Waals surface area contributed by atoms with Crippen LogP contribution < -0.4 is 10.5 Å². The van der Waals surface area contributed by atoms with E-state index in [0.29, 0.717) is 0 Å². The van der Waals surface area contributed by atoms with E-state index in [1.807, 2.05) is 0 Å². The molecule has 1 unspecified atom stereocenters. The van der Waals surface area contributed by atoms with Crippen molar-refractivity contribution in [2.24, 2.45) is 0 Å². The second-order valence-corrected chi connectivity index (χ2v) is 7.29. The highest BCUT2D eigenvalue weighted by Gasteiger charge is 2.58. The van der Waals surface area contributed by atoms with Gasteiger partial charge in [0.25, 0.3) is 0 Å². The molecule has 1 aromatic carbocycles. The van der Waals surface area contributed by atoms with E-state index in [2.05, 4.69) is 14.9 Å². The third-order valence-corrected chi connectivity index (χ3v) is 5.12. The van der Waals surface area contributed by atoms with Crippen LogP contribution in [0.1, 0.15) is 36.8 Å². The first-order valence-electron chi connectivity index (χ1n) is 7.63. The molecule has 11 heteroatoms. The van der Waals surface area contributed by atoms with E-state index in [1.54, 1.807) is 6.92 Å². The van der Waals surface area contributed by atoms with Gasteiger partial charge in [0.05, 0.1) is 11.0 Å². The fourth-order valence-corrected chi connectivity index (χ4v) is 3.77. The summed E-state index contributed by atoms with van der Waals surface area (Å²) in [6, 6.07) is 1.94. The number of rotatable bonds is 6. The third kappa shape index (κ3) is 3.22. The van der Waals surface area contributed by atoms with Gasteiger partial charge < -0.3 is 9.15 Å². The van der Waals surface area contributed by atoms with Crippen molar-refractivity contribution < 1.29 is 26.7 Å². The highest BCUT2D eigenvalue weighted by molar-refractivity contribution is 7.77. The van der Waals surface area contributed by atoms with Crippen molar-refractivity contribution in [3.63, 3.8) is 0 Å². The number of aromatic amines is 1. The van der Waals surface area contributed by atoms with Crippen LogP contribution in [0.2, 0.25) is 0 Å². The van der Waals surface area contributed by atoms with Gasteiger partial charge in [0.2, 0.25) is 17.2 Å². The highest BCUT2D eigenvalue weighted by atomic mass is 32.2. The number of benzene rings is 1. The zero-order valence-corrected chi connectivity index (χ0v) is 14.8. The van der Waals surface area contributed by atoms with E-state index in [1.165, 1.54) is 7.11 Å². The molecule has 26 heavy (non-hydrogen) atoms. The summed E-state index contributed by atoms with van der Waals surface area (Å²) in [5.41, 5.74) is -1.88. The Labute approximate surface area is 149 Å². The number of ether oxygens (including phenoxy) is 1. The molecule has 1 heterocycles. The summed E-state index contributed by atoms with van der Waals surface area (Å²) in [4.78, 5) is 11.3. The molecule has 1 atom stereocenters. The first kappa shape index (κ1) is 18.8. The fourth-order valence-electron chi connectivity index (χ4n) is 3.49. The molecule has 0 amide bonds. The maximum Gasteiger partial charge on any atom is 0.434 e. The summed E-state index contributed by atoms with van der Waals surface area (Å²) in [6.45, 7) is 1.48. The van der Waals surface area contributed by atoms with Crippen molar-refractivity contribution in [2.45, 2.75) is 37.3 Å². The van der Waals surface area contributed by atoms with Crippen molar-refractivity contribution in [2.75, 3.05) is 7.11 Å². The van der Waals surface area contributed by atoms with Crippen molar-refractivity contribution in [1.29, 1.82) is 0 Å². The monoisotopic (exact) mass is 389 g/mol. The summed E-state index contributed by atoms with van der Waals surface area (Å²) in [7, 11) is 1.51. The summed E-state index contributed by atoms with van der Waals surface area (Å²) >= 11 is -2.35. The van der Waals surface area contributed by atoms with E-state index in [9.17, 15) is 17.8 Å². The Morgan fingerprint density at radius 2 is 2.12 bits per heavy atom. The first-order chi connectivity index (χ1) is 12.2. The van der Waals surface area contributed by atoms with Crippen LogP contribution in [0.15, 0.2) is 21.3 Å². The Morgan fingerprint density at radius 3 is 2.65 bits per heavy atom. The van der Waals surface area contributed by atoms with Crippen LogP contribution in [0, 0.1) is 11.6 Å². The van der Waals surface area contributed by atoms with Crippen molar-refractivity contribution in [1.82, 2.24) is 14.9 Å². The number of nitrogens with one attached hydrogen (secondary N) is 2. The van der Waals surface area contributed by atoms with Crippen LogP contribution in [0.25, 0.3) is 0 Å². The van der Waals surface area contributed by atoms with Crippen LogP contribution >= 0.6 is 0 Å². The molecular weight excluding hydrogens is 372 g/mol. The van der Waals surface area contributed by atoms with Gasteiger partial charge in [-0.2, -0.15) is 0 Å². The lowest BCUT2D eigenvalue weighted by atomic mass is 9.56. The number of nitrogens with zero attached hydrogens (tertiary/aromatic N) is 1. The second kappa shape index (κ2) is 6.65. The van der Waals surface area contributed by atoms with Crippen molar-refractivity contribution in [3.05, 3.63) is 51.3 Å². The van der Waals surface area contributed by atoms with Crippen LogP contribution in [0.5, 0.6) is 0 Å². The molecule has 1 aliphatic carbocycles. The van der Waals surface area contributed by atoms with Gasteiger partial charge >= 0.3 is 5.76 Å². The molecule has 0 saturated heterocycles. The summed E-state index contributed by atoms with van der Waals surface area (Å²) in [5.74, 6) is -2.34. The molecule has 1 fully saturated rings. The second-order valence-electron chi connectivity index (χ2n) is 6.50. The number of halogens is 2. The molecule has 8 nitrogen and oxygen atoms in total. The standard InChI is InChI=1S/C15H17F2N3O5S/c1-14(24-2)6-15(7-14,12-19-20-13(21)25-12)9-4-10(16)8(3-11(9)17)5-18-26(22)23/h3-4,18H,5-7H2,1-2H3,(H,20,21)(H,22,23). The minimum atomic E-state index is -2.35. The fraction of sp³-hybridized carbons (Fsp3) is 0.467. The largest absolute Gasteiger partial charge is 0.434 e. The zero-order chi connectivity index (χ0) is 19.1. The normalized spacial score (nSPS) is 26.5. The van der Waals surface area contributed by atoms with Crippen LogP contribution in [0.4, 0.5) is 8.78 Å². The number of hydrogen-bond donors (Lipinski definition) is 3. The summed E-state index contributed by atoms with van der Waals surface area (Å²) in [6.07, 6.45) is 0.470. The Bertz CT molecular complexity index is 907. The smallest absolute Gasteiger partial charge is 0.391 e. The topological polar surface area (TPSA) is 117 Å². The highest BCUT2D eigenvalue weighted by Crippen LogP contribution is 2.55. The van der Waals surface area contributed by atoms with E-state index in [4.69, 9.17) is 13.7 Å². The van der Waals surface area contributed by atoms with Gasteiger partial charge in [-0.25, -0.2) is 27.6 Å². The summed E-state index contributed by atoms with van der Waals surface area (Å²) in [5, 5.41) is 5.94. The lowest BCUT2D eigenvalue weighted by molar-refractivity contribution is -0.101. The number of methoxy groups -OCH3 is 1. The predicted molar refractivity (Wildman–Crippen MR) is 86.5 cm³/mol. The van der Waals surface area contributed by atoms with Gasteiger partial charge in [0.15, 0.2) is 0 Å². The maximum absolute atomic E-state index is 14.8. The minimum absolute atomic E-state index is 0.0198. The SMILES string of the molecule is COC1(C)CC(c2n[nH]c(=O)o2)(c2cc(F)c(CNS(=O)O)cc2F)C1. The van der Waals surface area contributed by atoms with Crippen molar-refractivity contribution in [3.8, 4) is 0 Å². The molecule has 1 saturated carbocycles. The van der Waals surface area contributed by atoms with Crippen molar-refractivity contribution >= 4 is 11.3 Å². The Hall–Kier alpha value is -1.95. The van der Waals surface area contributed by atoms with Gasteiger partial charge in [-0.1, -0.05) is 0 Å². The molecule has 0 aliphatic heterocycles. The zero-order valence-electron chi connectivity index (χ0n) is 14.0. The third-order valence-electron chi connectivity index (χ3n) is 4.73. The van der Waals surface area contributed by atoms with Crippen LogP contribution in [0.3, 0.4) is 0 Å². The molecule has 1 aromatic heterocycles. The summed E-state index contributed by atoms with van der Waals surface area (Å²) < 4.78 is 61.1. The molecule has 142 valence electrons. The molecule has 1 aliphatic rings. The number of H-pyrrole nitrogens is 1. The maximum atomic E-state index is 14.8. The van der Waals surface area contributed by atoms with E-state index in [-0.39, 0.29) is 36.4 Å². The van der Waals surface area contributed by atoms with Crippen LogP contribution in [-0.2, 0) is 28.0 Å². The predicted octanol–water partition coefficient (Wildman–Crippen LogP) is 1.35. The minimum Gasteiger partial charge on any atom is -0.391 e. The lowest BCUT2D eigenvalue weighted by Crippen LogP contribution is -2.55. The number of hydrogen-bond acceptors (Lipinski definition) is 5. The van der Waals surface area contributed by atoms with Gasteiger partial charge in [-0.05, 0) is 31.9 Å². The molecular formula is C15H17F2N3O5S. The van der Waals surface area contributed by atoms with Gasteiger partial charge in [-0.15, -0.1) is 5.10 Å². The molecule has 2 aromatic rings. The Morgan fingerprint density at radius 1 is 1.42 bits per heavy atom. The Balaban J connectivity index is 2.04. The molecule has 3 rings (SSSR count). The van der Waals surface area contributed by atoms with Gasteiger partial charge in [0, 0.05) is 24.8 Å². The quantitative estimate of drug-likeness (QED) is 0.642. The van der Waals surface area contributed by atoms with Gasteiger partial charge in [-0.3, -0.25) is 4.55 Å². The average Bonchev–Trinajstić information content (AvgIpc) is 2.99. The van der Waals surface area contributed by atoms with E-state index in [0.717, 1.165) is 12.1 Å².